The monoisotopic (exact) mass is 400 g/mol. The summed E-state index contributed by atoms with van der Waals surface area (Å²) < 4.78 is 66.3. The molecular formula is C17H19F3N4O2S. The second kappa shape index (κ2) is 7.45. The van der Waals surface area contributed by atoms with Gasteiger partial charge in [0.1, 0.15) is 5.82 Å². The van der Waals surface area contributed by atoms with Crippen LogP contribution in [0, 0.1) is 0 Å². The van der Waals surface area contributed by atoms with Gasteiger partial charge in [-0.05, 0) is 29.8 Å². The first kappa shape index (κ1) is 19.6. The Kier molecular flexibility index (Phi) is 5.41. The summed E-state index contributed by atoms with van der Waals surface area (Å²) in [5.74, 6) is -0.172. The molecule has 2 heterocycles. The van der Waals surface area contributed by atoms with E-state index in [9.17, 15) is 21.6 Å². The third-order valence-electron chi connectivity index (χ3n) is 4.43. The van der Waals surface area contributed by atoms with Gasteiger partial charge in [0.2, 0.25) is 10.0 Å². The zero-order chi connectivity index (χ0) is 19.7. The van der Waals surface area contributed by atoms with Crippen LogP contribution in [-0.4, -0.2) is 43.9 Å². The summed E-state index contributed by atoms with van der Waals surface area (Å²) in [6.07, 6.45) is -3.22. The van der Waals surface area contributed by atoms with Crippen molar-refractivity contribution in [1.29, 1.82) is 0 Å². The standard InChI is InChI=1S/C17H19F3N4O2S/c18-17(19,20)15-2-1-7-22-16(15)23-8-10-24(11-9-23)27(25,26)14-5-3-13(12-21)4-6-14/h1-7H,8-12,21H2. The van der Waals surface area contributed by atoms with E-state index in [2.05, 4.69) is 4.98 Å². The van der Waals surface area contributed by atoms with Gasteiger partial charge in [-0.15, -0.1) is 0 Å². The number of hydrogen-bond donors (Lipinski definition) is 1. The van der Waals surface area contributed by atoms with Crippen LogP contribution in [0.15, 0.2) is 47.5 Å². The molecule has 0 unspecified atom stereocenters. The number of pyridine rings is 1. The number of halogens is 3. The molecule has 1 aromatic heterocycles. The molecule has 0 spiro atoms. The van der Waals surface area contributed by atoms with Crippen LogP contribution in [0.5, 0.6) is 0 Å². The van der Waals surface area contributed by atoms with E-state index in [0.717, 1.165) is 11.6 Å². The molecule has 10 heteroatoms. The van der Waals surface area contributed by atoms with Crippen LogP contribution in [0.1, 0.15) is 11.1 Å². The molecule has 1 aliphatic rings. The predicted molar refractivity (Wildman–Crippen MR) is 94.5 cm³/mol. The molecule has 0 radical (unpaired) electrons. The quantitative estimate of drug-likeness (QED) is 0.850. The van der Waals surface area contributed by atoms with Gasteiger partial charge in [-0.25, -0.2) is 13.4 Å². The lowest BCUT2D eigenvalue weighted by molar-refractivity contribution is -0.137. The molecule has 2 N–H and O–H groups in total. The first-order chi connectivity index (χ1) is 12.7. The normalized spacial score (nSPS) is 16.5. The number of anilines is 1. The minimum atomic E-state index is -4.52. The molecule has 27 heavy (non-hydrogen) atoms. The summed E-state index contributed by atoms with van der Waals surface area (Å²) in [4.78, 5) is 5.46. The zero-order valence-electron chi connectivity index (χ0n) is 14.4. The molecule has 1 saturated heterocycles. The highest BCUT2D eigenvalue weighted by atomic mass is 32.2. The summed E-state index contributed by atoms with van der Waals surface area (Å²) in [6.45, 7) is 0.717. The molecule has 6 nitrogen and oxygen atoms in total. The first-order valence-electron chi connectivity index (χ1n) is 8.30. The largest absolute Gasteiger partial charge is 0.419 e. The van der Waals surface area contributed by atoms with Crippen molar-refractivity contribution in [2.24, 2.45) is 5.73 Å². The van der Waals surface area contributed by atoms with E-state index >= 15 is 0 Å². The maximum atomic E-state index is 13.2. The number of rotatable bonds is 4. The topological polar surface area (TPSA) is 79.5 Å². The van der Waals surface area contributed by atoms with E-state index in [4.69, 9.17) is 5.73 Å². The molecule has 0 aliphatic carbocycles. The molecule has 1 fully saturated rings. The number of benzene rings is 1. The van der Waals surface area contributed by atoms with Crippen molar-refractivity contribution in [3.05, 3.63) is 53.7 Å². The van der Waals surface area contributed by atoms with Gasteiger partial charge in [0.15, 0.2) is 0 Å². The number of hydrogen-bond acceptors (Lipinski definition) is 5. The van der Waals surface area contributed by atoms with E-state index in [0.29, 0.717) is 6.54 Å². The van der Waals surface area contributed by atoms with Crippen molar-refractivity contribution < 1.29 is 21.6 Å². The molecule has 2 aromatic rings. The predicted octanol–water partition coefficient (Wildman–Crippen LogP) is 2.07. The van der Waals surface area contributed by atoms with Crippen molar-refractivity contribution in [3.8, 4) is 0 Å². The Balaban J connectivity index is 1.75. The summed E-state index contributed by atoms with van der Waals surface area (Å²) in [6, 6.07) is 8.48. The van der Waals surface area contributed by atoms with Gasteiger partial charge in [0.25, 0.3) is 0 Å². The van der Waals surface area contributed by atoms with Crippen LogP contribution >= 0.6 is 0 Å². The molecule has 146 valence electrons. The van der Waals surface area contributed by atoms with Crippen molar-refractivity contribution in [3.63, 3.8) is 0 Å². The highest BCUT2D eigenvalue weighted by Crippen LogP contribution is 2.35. The van der Waals surface area contributed by atoms with E-state index in [-0.39, 0.29) is 36.9 Å². The number of aromatic nitrogens is 1. The van der Waals surface area contributed by atoms with Gasteiger partial charge < -0.3 is 10.6 Å². The fourth-order valence-electron chi connectivity index (χ4n) is 2.96. The summed E-state index contributed by atoms with van der Waals surface area (Å²) in [7, 11) is -3.71. The number of piperazine rings is 1. The van der Waals surface area contributed by atoms with E-state index in [1.165, 1.54) is 33.6 Å². The molecule has 0 amide bonds. The summed E-state index contributed by atoms with van der Waals surface area (Å²) in [5.41, 5.74) is 5.51. The fourth-order valence-corrected chi connectivity index (χ4v) is 4.38. The Labute approximate surface area is 155 Å². The molecule has 0 saturated carbocycles. The van der Waals surface area contributed by atoms with Gasteiger partial charge in [-0.3, -0.25) is 0 Å². The Morgan fingerprint density at radius 1 is 1.04 bits per heavy atom. The third-order valence-corrected chi connectivity index (χ3v) is 6.34. The Morgan fingerprint density at radius 2 is 1.67 bits per heavy atom. The van der Waals surface area contributed by atoms with Crippen molar-refractivity contribution >= 4 is 15.8 Å². The maximum Gasteiger partial charge on any atom is 0.419 e. The summed E-state index contributed by atoms with van der Waals surface area (Å²) >= 11 is 0. The second-order valence-corrected chi connectivity index (χ2v) is 8.05. The SMILES string of the molecule is NCc1ccc(S(=O)(=O)N2CCN(c3ncccc3C(F)(F)F)CC2)cc1. The molecular weight excluding hydrogens is 381 g/mol. The smallest absolute Gasteiger partial charge is 0.353 e. The van der Waals surface area contributed by atoms with Crippen LogP contribution in [0.2, 0.25) is 0 Å². The lowest BCUT2D eigenvalue weighted by atomic mass is 10.2. The van der Waals surface area contributed by atoms with Crippen molar-refractivity contribution in [2.45, 2.75) is 17.6 Å². The van der Waals surface area contributed by atoms with Gasteiger partial charge in [-0.2, -0.15) is 17.5 Å². The minimum Gasteiger partial charge on any atom is -0.353 e. The van der Waals surface area contributed by atoms with Gasteiger partial charge in [0, 0.05) is 38.9 Å². The molecule has 0 bridgehead atoms. The van der Waals surface area contributed by atoms with Crippen LogP contribution in [0.25, 0.3) is 0 Å². The maximum absolute atomic E-state index is 13.2. The lowest BCUT2D eigenvalue weighted by Crippen LogP contribution is -2.49. The Morgan fingerprint density at radius 3 is 2.22 bits per heavy atom. The van der Waals surface area contributed by atoms with Gasteiger partial charge in [-0.1, -0.05) is 12.1 Å². The first-order valence-corrected chi connectivity index (χ1v) is 9.74. The Hall–Kier alpha value is -2.17. The van der Waals surface area contributed by atoms with Crippen molar-refractivity contribution in [1.82, 2.24) is 9.29 Å². The van der Waals surface area contributed by atoms with E-state index in [1.807, 2.05) is 0 Å². The van der Waals surface area contributed by atoms with Crippen LogP contribution in [-0.2, 0) is 22.7 Å². The average molecular weight is 400 g/mol. The highest BCUT2D eigenvalue weighted by Gasteiger charge is 2.37. The Bertz CT molecular complexity index is 893. The second-order valence-electron chi connectivity index (χ2n) is 6.11. The molecule has 0 atom stereocenters. The molecule has 1 aromatic carbocycles. The highest BCUT2D eigenvalue weighted by molar-refractivity contribution is 7.89. The number of nitrogens with two attached hydrogens (primary N) is 1. The van der Waals surface area contributed by atoms with Gasteiger partial charge >= 0.3 is 6.18 Å². The fraction of sp³-hybridized carbons (Fsp3) is 0.353. The van der Waals surface area contributed by atoms with E-state index < -0.39 is 21.8 Å². The lowest BCUT2D eigenvalue weighted by Gasteiger charge is -2.35. The third kappa shape index (κ3) is 4.07. The summed E-state index contributed by atoms with van der Waals surface area (Å²) in [5, 5.41) is 0. The average Bonchev–Trinajstić information content (AvgIpc) is 2.67. The van der Waals surface area contributed by atoms with Crippen LogP contribution < -0.4 is 10.6 Å². The molecule has 3 rings (SSSR count). The minimum absolute atomic E-state index is 0.0782. The van der Waals surface area contributed by atoms with E-state index in [1.54, 1.807) is 12.1 Å². The van der Waals surface area contributed by atoms with Crippen molar-refractivity contribution in [2.75, 3.05) is 31.1 Å². The van der Waals surface area contributed by atoms with Gasteiger partial charge in [0.05, 0.1) is 10.5 Å². The van der Waals surface area contributed by atoms with Crippen LogP contribution in [0.4, 0.5) is 19.0 Å². The molecule has 1 aliphatic heterocycles. The number of alkyl halides is 3. The number of nitrogens with zero attached hydrogens (tertiary/aromatic N) is 3. The number of sulfonamides is 1. The van der Waals surface area contributed by atoms with Crippen LogP contribution in [0.3, 0.4) is 0 Å². The zero-order valence-corrected chi connectivity index (χ0v) is 15.2.